The van der Waals surface area contributed by atoms with Crippen LogP contribution in [0.5, 0.6) is 0 Å². The van der Waals surface area contributed by atoms with Gasteiger partial charge in [-0.1, -0.05) is 30.3 Å². The third-order valence-electron chi connectivity index (χ3n) is 5.38. The smallest absolute Gasteiger partial charge is 0.241 e. The van der Waals surface area contributed by atoms with E-state index in [1.165, 1.54) is 6.92 Å². The number of carbonyl (C=O) groups excluding carboxylic acids is 3. The molecule has 3 rings (SSSR count). The zero-order valence-electron chi connectivity index (χ0n) is 14.7. The highest BCUT2D eigenvalue weighted by molar-refractivity contribution is 5.86. The Balaban J connectivity index is 1.55. The lowest BCUT2D eigenvalue weighted by Gasteiger charge is -2.38. The molecule has 6 nitrogen and oxygen atoms in total. The fourth-order valence-electron chi connectivity index (χ4n) is 3.81. The summed E-state index contributed by atoms with van der Waals surface area (Å²) in [4.78, 5) is 39.7. The SMILES string of the molecule is CC(=O)NCC(=O)N1CCC2(CC1)CCN(Cc1ccccc1)C2=O. The first-order chi connectivity index (χ1) is 12.0. The molecule has 2 aliphatic rings. The van der Waals surface area contributed by atoms with Gasteiger partial charge >= 0.3 is 0 Å². The Labute approximate surface area is 148 Å². The van der Waals surface area contributed by atoms with Crippen molar-refractivity contribution in [1.82, 2.24) is 15.1 Å². The van der Waals surface area contributed by atoms with E-state index in [2.05, 4.69) is 5.32 Å². The first-order valence-electron chi connectivity index (χ1n) is 8.86. The molecule has 0 bridgehead atoms. The summed E-state index contributed by atoms with van der Waals surface area (Å²) in [5.41, 5.74) is 0.843. The van der Waals surface area contributed by atoms with Gasteiger partial charge < -0.3 is 15.1 Å². The third-order valence-corrected chi connectivity index (χ3v) is 5.38. The Morgan fingerprint density at radius 2 is 1.72 bits per heavy atom. The zero-order valence-corrected chi connectivity index (χ0v) is 14.7. The predicted molar refractivity (Wildman–Crippen MR) is 93.4 cm³/mol. The average Bonchev–Trinajstić information content (AvgIpc) is 2.91. The van der Waals surface area contributed by atoms with Crippen molar-refractivity contribution in [2.45, 2.75) is 32.7 Å². The summed E-state index contributed by atoms with van der Waals surface area (Å²) in [5.74, 6) is -0.0497. The van der Waals surface area contributed by atoms with Crippen LogP contribution in [0, 0.1) is 5.41 Å². The summed E-state index contributed by atoms with van der Waals surface area (Å²) in [7, 11) is 0. The van der Waals surface area contributed by atoms with Crippen LogP contribution in [0.4, 0.5) is 0 Å². The van der Waals surface area contributed by atoms with Crippen LogP contribution in [-0.2, 0) is 20.9 Å². The van der Waals surface area contributed by atoms with Gasteiger partial charge in [-0.15, -0.1) is 0 Å². The summed E-state index contributed by atoms with van der Waals surface area (Å²) >= 11 is 0. The fraction of sp³-hybridized carbons (Fsp3) is 0.526. The molecule has 1 aromatic carbocycles. The van der Waals surface area contributed by atoms with Crippen molar-refractivity contribution in [3.8, 4) is 0 Å². The molecular weight excluding hydrogens is 318 g/mol. The van der Waals surface area contributed by atoms with Crippen molar-refractivity contribution >= 4 is 17.7 Å². The van der Waals surface area contributed by atoms with E-state index in [9.17, 15) is 14.4 Å². The lowest BCUT2D eigenvalue weighted by molar-refractivity contribution is -0.142. The molecule has 2 heterocycles. The van der Waals surface area contributed by atoms with Crippen molar-refractivity contribution in [2.75, 3.05) is 26.2 Å². The van der Waals surface area contributed by atoms with Crippen molar-refractivity contribution < 1.29 is 14.4 Å². The van der Waals surface area contributed by atoms with Crippen LogP contribution in [0.1, 0.15) is 31.7 Å². The van der Waals surface area contributed by atoms with E-state index in [-0.39, 0.29) is 29.7 Å². The molecule has 25 heavy (non-hydrogen) atoms. The molecule has 0 atom stereocenters. The van der Waals surface area contributed by atoms with E-state index in [4.69, 9.17) is 0 Å². The molecule has 0 aliphatic carbocycles. The van der Waals surface area contributed by atoms with Gasteiger partial charge in [0.1, 0.15) is 0 Å². The molecule has 3 amide bonds. The lowest BCUT2D eigenvalue weighted by Crippen LogP contribution is -2.48. The van der Waals surface area contributed by atoms with Gasteiger partial charge in [0.25, 0.3) is 0 Å². The number of likely N-dealkylation sites (tertiary alicyclic amines) is 2. The molecule has 0 radical (unpaired) electrons. The molecular formula is C19H25N3O3. The van der Waals surface area contributed by atoms with Crippen LogP contribution in [0.25, 0.3) is 0 Å². The van der Waals surface area contributed by atoms with Crippen molar-refractivity contribution in [3.63, 3.8) is 0 Å². The number of carbonyl (C=O) groups is 3. The maximum Gasteiger partial charge on any atom is 0.241 e. The Morgan fingerprint density at radius 3 is 2.36 bits per heavy atom. The molecule has 2 fully saturated rings. The van der Waals surface area contributed by atoms with Crippen molar-refractivity contribution in [2.24, 2.45) is 5.41 Å². The van der Waals surface area contributed by atoms with Gasteiger partial charge in [-0.25, -0.2) is 0 Å². The molecule has 0 aromatic heterocycles. The number of hydrogen-bond donors (Lipinski definition) is 1. The minimum absolute atomic E-state index is 0.0381. The molecule has 1 N–H and O–H groups in total. The lowest BCUT2D eigenvalue weighted by atomic mass is 9.77. The Kier molecular flexibility index (Phi) is 5.06. The minimum atomic E-state index is -0.306. The summed E-state index contributed by atoms with van der Waals surface area (Å²) in [5, 5.41) is 2.54. The number of amides is 3. The highest BCUT2D eigenvalue weighted by Crippen LogP contribution is 2.42. The Bertz CT molecular complexity index is 651. The number of piperidine rings is 1. The summed E-state index contributed by atoms with van der Waals surface area (Å²) < 4.78 is 0. The first-order valence-corrected chi connectivity index (χ1v) is 8.86. The summed E-state index contributed by atoms with van der Waals surface area (Å²) in [6.45, 7) is 4.06. The fourth-order valence-corrected chi connectivity index (χ4v) is 3.81. The standard InChI is InChI=1S/C19H25N3O3/c1-15(23)20-13-17(24)21-10-7-19(8-11-21)9-12-22(18(19)25)14-16-5-3-2-4-6-16/h2-6H,7-14H2,1H3,(H,20,23). The second-order valence-corrected chi connectivity index (χ2v) is 7.03. The van der Waals surface area contributed by atoms with Gasteiger partial charge in [0.2, 0.25) is 17.7 Å². The number of benzene rings is 1. The van der Waals surface area contributed by atoms with Crippen LogP contribution in [0.2, 0.25) is 0 Å². The second-order valence-electron chi connectivity index (χ2n) is 7.03. The van der Waals surface area contributed by atoms with Gasteiger partial charge in [0.15, 0.2) is 0 Å². The molecule has 2 aliphatic heterocycles. The van der Waals surface area contributed by atoms with Crippen LogP contribution >= 0.6 is 0 Å². The van der Waals surface area contributed by atoms with E-state index >= 15 is 0 Å². The normalized spacial score (nSPS) is 19.3. The van der Waals surface area contributed by atoms with E-state index in [1.807, 2.05) is 35.2 Å². The van der Waals surface area contributed by atoms with Crippen molar-refractivity contribution in [1.29, 1.82) is 0 Å². The second kappa shape index (κ2) is 7.25. The number of nitrogens with zero attached hydrogens (tertiary/aromatic N) is 2. The van der Waals surface area contributed by atoms with Crippen LogP contribution in [0.3, 0.4) is 0 Å². The molecule has 134 valence electrons. The van der Waals surface area contributed by atoms with Crippen LogP contribution in [-0.4, -0.2) is 53.7 Å². The van der Waals surface area contributed by atoms with E-state index in [0.717, 1.165) is 18.5 Å². The predicted octanol–water partition coefficient (Wildman–Crippen LogP) is 1.16. The maximum absolute atomic E-state index is 12.9. The van der Waals surface area contributed by atoms with Gasteiger partial charge in [0, 0.05) is 33.1 Å². The minimum Gasteiger partial charge on any atom is -0.347 e. The number of nitrogens with one attached hydrogen (secondary N) is 1. The molecule has 6 heteroatoms. The Morgan fingerprint density at radius 1 is 1.08 bits per heavy atom. The molecule has 0 saturated carbocycles. The maximum atomic E-state index is 12.9. The highest BCUT2D eigenvalue weighted by atomic mass is 16.2. The quantitative estimate of drug-likeness (QED) is 0.892. The van der Waals surface area contributed by atoms with Crippen molar-refractivity contribution in [3.05, 3.63) is 35.9 Å². The zero-order chi connectivity index (χ0) is 17.9. The average molecular weight is 343 g/mol. The summed E-state index contributed by atoms with van der Waals surface area (Å²) in [6.07, 6.45) is 2.29. The van der Waals surface area contributed by atoms with E-state index in [0.29, 0.717) is 32.5 Å². The molecule has 1 spiro atoms. The van der Waals surface area contributed by atoms with E-state index in [1.54, 1.807) is 4.90 Å². The molecule has 1 aromatic rings. The number of hydrogen-bond acceptors (Lipinski definition) is 3. The number of rotatable bonds is 4. The van der Waals surface area contributed by atoms with Crippen LogP contribution < -0.4 is 5.32 Å². The monoisotopic (exact) mass is 343 g/mol. The van der Waals surface area contributed by atoms with Gasteiger partial charge in [-0.05, 0) is 24.8 Å². The third kappa shape index (κ3) is 3.83. The van der Waals surface area contributed by atoms with E-state index < -0.39 is 0 Å². The van der Waals surface area contributed by atoms with Gasteiger partial charge in [-0.3, -0.25) is 14.4 Å². The van der Waals surface area contributed by atoms with Crippen LogP contribution in [0.15, 0.2) is 30.3 Å². The Hall–Kier alpha value is -2.37. The highest BCUT2D eigenvalue weighted by Gasteiger charge is 2.48. The van der Waals surface area contributed by atoms with Gasteiger partial charge in [-0.2, -0.15) is 0 Å². The largest absolute Gasteiger partial charge is 0.347 e. The molecule has 0 unspecified atom stereocenters. The van der Waals surface area contributed by atoms with Gasteiger partial charge in [0.05, 0.1) is 12.0 Å². The topological polar surface area (TPSA) is 69.7 Å². The first kappa shape index (κ1) is 17.5. The molecule has 2 saturated heterocycles. The summed E-state index contributed by atoms with van der Waals surface area (Å²) in [6, 6.07) is 10.0.